The number of rotatable bonds is 15. The molecule has 3 nitrogen and oxygen atoms in total. The number of unbranched alkanes of at least 4 members (excludes halogenated alkanes) is 9. The Hall–Kier alpha value is -1.90. The van der Waals surface area contributed by atoms with Gasteiger partial charge in [-0.1, -0.05) is 101 Å². The summed E-state index contributed by atoms with van der Waals surface area (Å²) >= 11 is 0. The lowest BCUT2D eigenvalue weighted by Crippen LogP contribution is -2.04. The zero-order valence-corrected chi connectivity index (χ0v) is 16.3. The molecule has 0 bridgehead atoms. The fourth-order valence-corrected chi connectivity index (χ4v) is 2.81. The lowest BCUT2D eigenvalue weighted by atomic mass is 10.1. The highest BCUT2D eigenvalue weighted by atomic mass is 16.5. The van der Waals surface area contributed by atoms with E-state index in [0.29, 0.717) is 12.2 Å². The number of aldehydes is 1. The molecule has 0 aromatic heterocycles. The fourth-order valence-electron chi connectivity index (χ4n) is 2.81. The van der Waals surface area contributed by atoms with Gasteiger partial charge >= 0.3 is 5.97 Å². The summed E-state index contributed by atoms with van der Waals surface area (Å²) in [6.07, 6.45) is 17.5. The maximum atomic E-state index is 11.7. The van der Waals surface area contributed by atoms with Crippen LogP contribution in [0.2, 0.25) is 0 Å². The number of carbonyl (C=O) groups excluding carboxylic acids is 2. The monoisotopic (exact) mass is 358 g/mol. The van der Waals surface area contributed by atoms with Crippen LogP contribution in [0.5, 0.6) is 0 Å². The first kappa shape index (κ1) is 22.1. The number of hydrogen-bond donors (Lipinski definition) is 0. The zero-order chi connectivity index (χ0) is 18.9. The Morgan fingerprint density at radius 2 is 1.38 bits per heavy atom. The van der Waals surface area contributed by atoms with E-state index in [1.54, 1.807) is 18.2 Å². The van der Waals surface area contributed by atoms with Gasteiger partial charge in [-0.25, -0.2) is 0 Å². The van der Waals surface area contributed by atoms with Crippen molar-refractivity contribution >= 4 is 18.3 Å². The van der Waals surface area contributed by atoms with Crippen molar-refractivity contribution in [1.82, 2.24) is 0 Å². The molecule has 0 aliphatic carbocycles. The topological polar surface area (TPSA) is 43.4 Å². The van der Waals surface area contributed by atoms with E-state index in [-0.39, 0.29) is 12.4 Å². The third-order valence-corrected chi connectivity index (χ3v) is 4.43. The number of hydrogen-bond acceptors (Lipinski definition) is 3. The molecule has 0 fully saturated rings. The van der Waals surface area contributed by atoms with Crippen molar-refractivity contribution in [2.75, 3.05) is 6.61 Å². The lowest BCUT2D eigenvalue weighted by Gasteiger charge is -2.04. The van der Waals surface area contributed by atoms with Crippen molar-refractivity contribution in [2.45, 2.75) is 77.6 Å². The van der Waals surface area contributed by atoms with Gasteiger partial charge in [0.15, 0.2) is 0 Å². The minimum atomic E-state index is -0.179. The molecule has 0 amide bonds. The van der Waals surface area contributed by atoms with Crippen molar-refractivity contribution in [1.29, 1.82) is 0 Å². The molecular weight excluding hydrogens is 324 g/mol. The summed E-state index contributed by atoms with van der Waals surface area (Å²) in [7, 11) is 0. The highest BCUT2D eigenvalue weighted by molar-refractivity contribution is 5.76. The molecular formula is C23H34O3. The summed E-state index contributed by atoms with van der Waals surface area (Å²) in [5.41, 5.74) is 1.62. The molecule has 0 heterocycles. The predicted octanol–water partition coefficient (Wildman–Crippen LogP) is 6.37. The first-order chi connectivity index (χ1) is 12.8. The summed E-state index contributed by atoms with van der Waals surface area (Å²) in [6, 6.07) is 7.23. The Bertz CT molecular complexity index is 517. The molecule has 0 aliphatic rings. The Morgan fingerprint density at radius 1 is 0.846 bits per heavy atom. The molecule has 0 saturated carbocycles. The van der Waals surface area contributed by atoms with E-state index in [1.807, 2.05) is 18.2 Å². The van der Waals surface area contributed by atoms with Crippen molar-refractivity contribution in [2.24, 2.45) is 0 Å². The van der Waals surface area contributed by atoms with Crippen molar-refractivity contribution in [3.8, 4) is 0 Å². The van der Waals surface area contributed by atoms with Gasteiger partial charge in [0, 0.05) is 5.56 Å². The van der Waals surface area contributed by atoms with Gasteiger partial charge in [0.1, 0.15) is 6.29 Å². The molecule has 26 heavy (non-hydrogen) atoms. The average molecular weight is 359 g/mol. The molecule has 1 rings (SSSR count). The Balaban J connectivity index is 1.96. The predicted molar refractivity (Wildman–Crippen MR) is 108 cm³/mol. The summed E-state index contributed by atoms with van der Waals surface area (Å²) < 4.78 is 5.25. The first-order valence-electron chi connectivity index (χ1n) is 10.1. The van der Waals surface area contributed by atoms with Gasteiger partial charge in [0.25, 0.3) is 0 Å². The van der Waals surface area contributed by atoms with E-state index < -0.39 is 0 Å². The van der Waals surface area contributed by atoms with E-state index in [0.717, 1.165) is 24.7 Å². The molecule has 1 aromatic carbocycles. The fraction of sp³-hybridized carbons (Fsp3) is 0.565. The van der Waals surface area contributed by atoms with Gasteiger partial charge in [0.2, 0.25) is 0 Å². The second kappa shape index (κ2) is 15.4. The highest BCUT2D eigenvalue weighted by Gasteiger charge is 2.00. The van der Waals surface area contributed by atoms with Crippen LogP contribution in [-0.2, 0) is 9.53 Å². The second-order valence-corrected chi connectivity index (χ2v) is 6.79. The zero-order valence-electron chi connectivity index (χ0n) is 16.3. The smallest absolute Gasteiger partial charge is 0.309 e. The maximum absolute atomic E-state index is 11.7. The van der Waals surface area contributed by atoms with Crippen LogP contribution >= 0.6 is 0 Å². The van der Waals surface area contributed by atoms with Crippen LogP contribution in [-0.4, -0.2) is 18.9 Å². The van der Waals surface area contributed by atoms with Crippen LogP contribution in [0.1, 0.15) is 93.5 Å². The Morgan fingerprint density at radius 3 is 1.96 bits per heavy atom. The van der Waals surface area contributed by atoms with Crippen LogP contribution in [0.3, 0.4) is 0 Å². The first-order valence-corrected chi connectivity index (χ1v) is 10.1. The van der Waals surface area contributed by atoms with E-state index in [4.69, 9.17) is 4.74 Å². The maximum Gasteiger partial charge on any atom is 0.309 e. The summed E-state index contributed by atoms with van der Waals surface area (Å²) in [5, 5.41) is 0. The van der Waals surface area contributed by atoms with E-state index >= 15 is 0 Å². The standard InChI is InChI=1S/C23H34O3/c1-2-3-4-5-6-7-8-9-10-11-19-26-23(25)14-12-13-21-15-17-22(20-24)18-16-21/h12-13,15-18,20H,2-11,14,19H2,1H3/b13-12+. The normalized spacial score (nSPS) is 11.0. The van der Waals surface area contributed by atoms with Crippen molar-refractivity contribution in [3.05, 3.63) is 41.5 Å². The van der Waals surface area contributed by atoms with Gasteiger partial charge in [-0.05, 0) is 12.0 Å². The summed E-state index contributed by atoms with van der Waals surface area (Å²) in [4.78, 5) is 22.3. The highest BCUT2D eigenvalue weighted by Crippen LogP contribution is 2.10. The molecule has 1 aromatic rings. The molecule has 3 heteroatoms. The van der Waals surface area contributed by atoms with Gasteiger partial charge < -0.3 is 4.74 Å². The van der Waals surface area contributed by atoms with Crippen LogP contribution in [0.25, 0.3) is 6.08 Å². The molecule has 0 N–H and O–H groups in total. The SMILES string of the molecule is CCCCCCCCCCCCOC(=O)C/C=C/c1ccc(C=O)cc1. The van der Waals surface area contributed by atoms with Crippen LogP contribution in [0.15, 0.2) is 30.3 Å². The summed E-state index contributed by atoms with van der Waals surface area (Å²) in [6.45, 7) is 2.77. The Labute approximate surface area is 158 Å². The summed E-state index contributed by atoms with van der Waals surface area (Å²) in [5.74, 6) is -0.179. The van der Waals surface area contributed by atoms with Gasteiger partial charge in [-0.15, -0.1) is 0 Å². The van der Waals surface area contributed by atoms with E-state index in [9.17, 15) is 9.59 Å². The molecule has 0 unspecified atom stereocenters. The molecule has 0 spiro atoms. The third kappa shape index (κ3) is 11.6. The Kier molecular flexibility index (Phi) is 13.1. The van der Waals surface area contributed by atoms with Gasteiger partial charge in [0.05, 0.1) is 13.0 Å². The van der Waals surface area contributed by atoms with Gasteiger partial charge in [-0.2, -0.15) is 0 Å². The van der Waals surface area contributed by atoms with Crippen molar-refractivity contribution < 1.29 is 14.3 Å². The molecule has 0 aliphatic heterocycles. The van der Waals surface area contributed by atoms with E-state index in [2.05, 4.69) is 6.92 Å². The minimum absolute atomic E-state index is 0.179. The van der Waals surface area contributed by atoms with Crippen LogP contribution in [0, 0.1) is 0 Å². The van der Waals surface area contributed by atoms with Gasteiger partial charge in [-0.3, -0.25) is 9.59 Å². The van der Waals surface area contributed by atoms with Crippen molar-refractivity contribution in [3.63, 3.8) is 0 Å². The van der Waals surface area contributed by atoms with Crippen LogP contribution in [0.4, 0.5) is 0 Å². The number of carbonyl (C=O) groups is 2. The molecule has 0 atom stereocenters. The molecule has 0 saturated heterocycles. The lowest BCUT2D eigenvalue weighted by molar-refractivity contribution is -0.142. The molecule has 0 radical (unpaired) electrons. The number of esters is 1. The number of ether oxygens (including phenoxy) is 1. The second-order valence-electron chi connectivity index (χ2n) is 6.79. The van der Waals surface area contributed by atoms with E-state index in [1.165, 1.54) is 51.4 Å². The third-order valence-electron chi connectivity index (χ3n) is 4.43. The van der Waals surface area contributed by atoms with Crippen LogP contribution < -0.4 is 0 Å². The quantitative estimate of drug-likeness (QED) is 0.208. The molecule has 144 valence electrons. The number of benzene rings is 1. The average Bonchev–Trinajstić information content (AvgIpc) is 2.66. The minimum Gasteiger partial charge on any atom is -0.465 e. The largest absolute Gasteiger partial charge is 0.465 e.